The number of para-hydroxylation sites is 1. The molecule has 1 heterocycles. The van der Waals surface area contributed by atoms with Crippen molar-refractivity contribution in [3.8, 4) is 5.75 Å². The van der Waals surface area contributed by atoms with E-state index in [1.165, 1.54) is 19.3 Å². The van der Waals surface area contributed by atoms with E-state index in [4.69, 9.17) is 16.3 Å². The molecular weight excluding hydrogens is 408 g/mol. The van der Waals surface area contributed by atoms with Crippen molar-refractivity contribution < 1.29 is 9.53 Å². The minimum absolute atomic E-state index is 0.0415. The number of aromatic nitrogens is 1. The molecular formula is C26H29ClN2O2. The molecule has 1 saturated carbocycles. The molecule has 0 saturated heterocycles. The number of hydrogen-bond acceptors (Lipinski definition) is 2. The Balaban J connectivity index is 1.61. The van der Waals surface area contributed by atoms with Crippen LogP contribution in [0.1, 0.15) is 53.7 Å². The van der Waals surface area contributed by atoms with E-state index in [0.717, 1.165) is 35.7 Å². The first-order chi connectivity index (χ1) is 15.2. The highest BCUT2D eigenvalue weighted by molar-refractivity contribution is 6.30. The summed E-state index contributed by atoms with van der Waals surface area (Å²) in [5.74, 6) is 0.669. The van der Waals surface area contributed by atoms with Crippen molar-refractivity contribution in [2.45, 2.75) is 51.2 Å². The van der Waals surface area contributed by atoms with Crippen LogP contribution in [-0.2, 0) is 13.1 Å². The second-order valence-corrected chi connectivity index (χ2v) is 8.62. The number of amides is 1. The van der Waals surface area contributed by atoms with E-state index in [-0.39, 0.29) is 11.9 Å². The summed E-state index contributed by atoms with van der Waals surface area (Å²) in [4.78, 5) is 15.7. The van der Waals surface area contributed by atoms with E-state index in [2.05, 4.69) is 27.8 Å². The molecule has 4 rings (SSSR count). The maximum atomic E-state index is 13.7. The van der Waals surface area contributed by atoms with E-state index in [0.29, 0.717) is 17.9 Å². The molecule has 0 N–H and O–H groups in total. The van der Waals surface area contributed by atoms with Gasteiger partial charge in [0.1, 0.15) is 5.75 Å². The number of hydrogen-bond donors (Lipinski definition) is 0. The third kappa shape index (κ3) is 5.13. The zero-order valence-electron chi connectivity index (χ0n) is 18.0. The number of ether oxygens (including phenoxy) is 1. The van der Waals surface area contributed by atoms with Crippen LogP contribution >= 0.6 is 11.6 Å². The van der Waals surface area contributed by atoms with Crippen LogP contribution in [-0.4, -0.2) is 28.5 Å². The Kier molecular flexibility index (Phi) is 6.98. The topological polar surface area (TPSA) is 34.5 Å². The maximum absolute atomic E-state index is 13.7. The van der Waals surface area contributed by atoms with Crippen molar-refractivity contribution in [2.75, 3.05) is 7.11 Å². The van der Waals surface area contributed by atoms with Crippen molar-refractivity contribution in [1.29, 1.82) is 0 Å². The van der Waals surface area contributed by atoms with Gasteiger partial charge in [0.15, 0.2) is 0 Å². The van der Waals surface area contributed by atoms with Gasteiger partial charge in [0.2, 0.25) is 0 Å². The average molecular weight is 437 g/mol. The molecule has 0 atom stereocenters. The number of carbonyl (C=O) groups excluding carboxylic acids is 1. The van der Waals surface area contributed by atoms with E-state index in [1.807, 2.05) is 48.5 Å². The van der Waals surface area contributed by atoms with E-state index < -0.39 is 0 Å². The summed E-state index contributed by atoms with van der Waals surface area (Å²) in [5.41, 5.74) is 2.89. The Morgan fingerprint density at radius 1 is 1.06 bits per heavy atom. The second-order valence-electron chi connectivity index (χ2n) is 8.18. The normalized spacial score (nSPS) is 14.4. The Hall–Kier alpha value is -2.72. The lowest BCUT2D eigenvalue weighted by molar-refractivity contribution is 0.0605. The summed E-state index contributed by atoms with van der Waals surface area (Å²) < 4.78 is 7.69. The Labute approximate surface area is 189 Å². The van der Waals surface area contributed by atoms with Gasteiger partial charge in [-0.3, -0.25) is 4.79 Å². The fourth-order valence-corrected chi connectivity index (χ4v) is 4.70. The Morgan fingerprint density at radius 3 is 2.65 bits per heavy atom. The van der Waals surface area contributed by atoms with Gasteiger partial charge in [-0.15, -0.1) is 0 Å². The summed E-state index contributed by atoms with van der Waals surface area (Å²) >= 11 is 6.17. The molecule has 0 spiro atoms. The van der Waals surface area contributed by atoms with Gasteiger partial charge in [-0.1, -0.05) is 55.1 Å². The summed E-state index contributed by atoms with van der Waals surface area (Å²) in [6.45, 7) is 1.30. The molecule has 5 heteroatoms. The Bertz CT molecular complexity index is 1020. The van der Waals surface area contributed by atoms with Gasteiger partial charge in [0, 0.05) is 29.5 Å². The highest BCUT2D eigenvalue weighted by atomic mass is 35.5. The SMILES string of the molecule is COc1ccccc1C(=O)N(Cc1cccn1Cc1cccc(Cl)c1)C1CCCCC1. The first-order valence-corrected chi connectivity index (χ1v) is 11.4. The lowest BCUT2D eigenvalue weighted by atomic mass is 9.93. The molecule has 0 radical (unpaired) electrons. The smallest absolute Gasteiger partial charge is 0.258 e. The third-order valence-corrected chi connectivity index (χ3v) is 6.35. The van der Waals surface area contributed by atoms with Gasteiger partial charge in [-0.2, -0.15) is 0 Å². The summed E-state index contributed by atoms with van der Waals surface area (Å²) in [6.07, 6.45) is 7.76. The molecule has 1 amide bonds. The molecule has 1 aromatic heterocycles. The monoisotopic (exact) mass is 436 g/mol. The maximum Gasteiger partial charge on any atom is 0.258 e. The van der Waals surface area contributed by atoms with Crippen LogP contribution < -0.4 is 4.74 Å². The molecule has 1 fully saturated rings. The van der Waals surface area contributed by atoms with Crippen LogP contribution in [0.4, 0.5) is 0 Å². The zero-order chi connectivity index (χ0) is 21.6. The number of benzene rings is 2. The van der Waals surface area contributed by atoms with Crippen molar-refractivity contribution in [2.24, 2.45) is 0 Å². The fourth-order valence-electron chi connectivity index (χ4n) is 4.49. The number of rotatable bonds is 7. The van der Waals surface area contributed by atoms with Crippen LogP contribution in [0.5, 0.6) is 5.75 Å². The number of methoxy groups -OCH3 is 1. The first kappa shape index (κ1) is 21.5. The number of nitrogens with zero attached hydrogens (tertiary/aromatic N) is 2. The predicted octanol–water partition coefficient (Wildman–Crippen LogP) is 6.17. The molecule has 0 aliphatic heterocycles. The molecule has 3 aromatic rings. The second kappa shape index (κ2) is 10.1. The van der Waals surface area contributed by atoms with Crippen LogP contribution in [0.2, 0.25) is 5.02 Å². The largest absolute Gasteiger partial charge is 0.496 e. The molecule has 0 bridgehead atoms. The molecule has 1 aliphatic carbocycles. The third-order valence-electron chi connectivity index (χ3n) is 6.11. The number of carbonyl (C=O) groups is 1. The molecule has 0 unspecified atom stereocenters. The van der Waals surface area contributed by atoms with Gasteiger partial charge in [-0.05, 0) is 54.8 Å². The minimum Gasteiger partial charge on any atom is -0.496 e. The van der Waals surface area contributed by atoms with Crippen LogP contribution in [0.3, 0.4) is 0 Å². The van der Waals surface area contributed by atoms with Gasteiger partial charge >= 0.3 is 0 Å². The molecule has 2 aromatic carbocycles. The number of halogens is 1. The Morgan fingerprint density at radius 2 is 1.87 bits per heavy atom. The quantitative estimate of drug-likeness (QED) is 0.443. The molecule has 4 nitrogen and oxygen atoms in total. The van der Waals surface area contributed by atoms with Crippen LogP contribution in [0.25, 0.3) is 0 Å². The molecule has 1 aliphatic rings. The first-order valence-electron chi connectivity index (χ1n) is 11.0. The van der Waals surface area contributed by atoms with Gasteiger partial charge in [-0.25, -0.2) is 0 Å². The van der Waals surface area contributed by atoms with Gasteiger partial charge in [0.05, 0.1) is 19.2 Å². The van der Waals surface area contributed by atoms with E-state index in [1.54, 1.807) is 7.11 Å². The lowest BCUT2D eigenvalue weighted by Gasteiger charge is -2.35. The summed E-state index contributed by atoms with van der Waals surface area (Å²) in [7, 11) is 1.62. The lowest BCUT2D eigenvalue weighted by Crippen LogP contribution is -2.41. The van der Waals surface area contributed by atoms with Crippen molar-refractivity contribution >= 4 is 17.5 Å². The zero-order valence-corrected chi connectivity index (χ0v) is 18.7. The van der Waals surface area contributed by atoms with Gasteiger partial charge in [0.25, 0.3) is 5.91 Å². The molecule has 31 heavy (non-hydrogen) atoms. The van der Waals surface area contributed by atoms with Crippen LogP contribution in [0.15, 0.2) is 66.9 Å². The van der Waals surface area contributed by atoms with Crippen LogP contribution in [0, 0.1) is 0 Å². The van der Waals surface area contributed by atoms with E-state index >= 15 is 0 Å². The highest BCUT2D eigenvalue weighted by Gasteiger charge is 2.28. The predicted molar refractivity (Wildman–Crippen MR) is 125 cm³/mol. The van der Waals surface area contributed by atoms with Crippen molar-refractivity contribution in [3.05, 3.63) is 88.7 Å². The minimum atomic E-state index is 0.0415. The average Bonchev–Trinajstić information content (AvgIpc) is 3.24. The fraction of sp³-hybridized carbons (Fsp3) is 0.346. The molecule has 162 valence electrons. The highest BCUT2D eigenvalue weighted by Crippen LogP contribution is 2.28. The van der Waals surface area contributed by atoms with Crippen molar-refractivity contribution in [3.63, 3.8) is 0 Å². The van der Waals surface area contributed by atoms with Gasteiger partial charge < -0.3 is 14.2 Å². The summed E-state index contributed by atoms with van der Waals surface area (Å²) in [5, 5.41) is 0.737. The van der Waals surface area contributed by atoms with E-state index in [9.17, 15) is 4.79 Å². The standard InChI is InChI=1S/C26H29ClN2O2/c1-31-25-15-6-5-14-24(25)26(30)29(22-11-3-2-4-12-22)19-23-13-8-16-28(23)18-20-9-7-10-21(27)17-20/h5-10,13-17,22H,2-4,11-12,18-19H2,1H3. The van der Waals surface area contributed by atoms with Crippen molar-refractivity contribution in [1.82, 2.24) is 9.47 Å². The summed E-state index contributed by atoms with van der Waals surface area (Å²) in [6, 6.07) is 19.9.